The van der Waals surface area contributed by atoms with Crippen molar-refractivity contribution in [2.45, 2.75) is 25.8 Å². The lowest BCUT2D eigenvalue weighted by molar-refractivity contribution is -0.120. The van der Waals surface area contributed by atoms with Crippen molar-refractivity contribution in [2.75, 3.05) is 13.2 Å². The van der Waals surface area contributed by atoms with E-state index in [9.17, 15) is 4.79 Å². The van der Waals surface area contributed by atoms with Crippen LogP contribution in [0.1, 0.15) is 19.8 Å². The van der Waals surface area contributed by atoms with Gasteiger partial charge in [0.1, 0.15) is 13.3 Å². The summed E-state index contributed by atoms with van der Waals surface area (Å²) in [6, 6.07) is 0.563. The molecule has 2 fully saturated rings. The number of rotatable bonds is 7. The molecule has 1 heterocycles. The monoisotopic (exact) mass is 261 g/mol. The molecular weight excluding hydrogens is 240 g/mol. The Morgan fingerprint density at radius 1 is 1.88 bits per heavy atom. The minimum atomic E-state index is -1.23. The molecule has 3 nitrogen and oxygen atoms in total. The second-order valence-electron chi connectivity index (χ2n) is 4.68. The Morgan fingerprint density at radius 2 is 2.69 bits per heavy atom. The molecule has 2 aliphatic rings. The normalized spacial score (nSPS) is 41.1. The van der Waals surface area contributed by atoms with E-state index in [0.717, 1.165) is 38.6 Å². The van der Waals surface area contributed by atoms with E-state index in [1.54, 1.807) is 6.92 Å². The molecule has 1 unspecified atom stereocenters. The van der Waals surface area contributed by atoms with Crippen molar-refractivity contribution in [3.8, 4) is 0 Å². The highest BCUT2D eigenvalue weighted by Gasteiger charge is 2.44. The lowest BCUT2D eigenvalue weighted by Crippen LogP contribution is -2.19. The van der Waals surface area contributed by atoms with Crippen molar-refractivity contribution in [1.82, 2.24) is 5.32 Å². The van der Waals surface area contributed by atoms with Crippen LogP contribution in [0.5, 0.6) is 0 Å². The standard InChI is InChI=1S/C10H18BNO2PS/c1-6(13)7-2-8(5-14-16-15-11)9(3-7)10-4-12-10/h7-12,15H,2-5H2,1H3/t7-,8-,9+,10-,15?/m0/s1/i11T,15D. The van der Waals surface area contributed by atoms with Crippen LogP contribution < -0.4 is 5.32 Å². The summed E-state index contributed by atoms with van der Waals surface area (Å²) in [7, 11) is -0.115. The summed E-state index contributed by atoms with van der Waals surface area (Å²) in [5.74, 6) is 1.44. The van der Waals surface area contributed by atoms with Gasteiger partial charge >= 0.3 is 0 Å². The Bertz CT molecular complexity index is 312. The molecule has 16 heavy (non-hydrogen) atoms. The first kappa shape index (κ1) is 10.4. The largest absolute Gasteiger partial charge is 0.312 e. The van der Waals surface area contributed by atoms with Crippen molar-refractivity contribution in [3.63, 3.8) is 0 Å². The van der Waals surface area contributed by atoms with Crippen LogP contribution in [0, 0.1) is 17.8 Å². The Balaban J connectivity index is 1.79. The molecule has 0 amide bonds. The van der Waals surface area contributed by atoms with Crippen molar-refractivity contribution in [3.05, 3.63) is 0 Å². The van der Waals surface area contributed by atoms with E-state index in [2.05, 4.69) is 5.32 Å². The summed E-state index contributed by atoms with van der Waals surface area (Å²) in [4.78, 5) is 11.5. The molecule has 0 spiro atoms. The minimum Gasteiger partial charge on any atom is -0.312 e. The van der Waals surface area contributed by atoms with Crippen molar-refractivity contribution in [2.24, 2.45) is 17.8 Å². The summed E-state index contributed by atoms with van der Waals surface area (Å²) in [6.07, 6.45) is 1.89. The zero-order chi connectivity index (χ0) is 13.1. The fourth-order valence-electron chi connectivity index (χ4n) is 2.69. The first-order chi connectivity index (χ1) is 8.61. The molecule has 6 heteroatoms. The summed E-state index contributed by atoms with van der Waals surface area (Å²) >= 11 is 1.09. The maximum absolute atomic E-state index is 11.5. The topological polar surface area (TPSA) is 48.2 Å². The van der Waals surface area contributed by atoms with E-state index >= 15 is 0 Å². The van der Waals surface area contributed by atoms with Crippen LogP contribution >= 0.6 is 19.3 Å². The molecule has 2 rings (SSSR count). The number of carbonyl (C=O) groups is 1. The molecule has 0 bridgehead atoms. The summed E-state index contributed by atoms with van der Waals surface area (Å²) < 4.78 is 19.9. The molecule has 5 atom stereocenters. The molecule has 89 valence electrons. The molecule has 0 aromatic rings. The van der Waals surface area contributed by atoms with E-state index < -0.39 is 7.61 Å². The molecular formula is C10H18BNO2PS. The third kappa shape index (κ3) is 3.22. The van der Waals surface area contributed by atoms with E-state index in [-0.39, 0.29) is 11.7 Å². The quantitative estimate of drug-likeness (QED) is 0.324. The van der Waals surface area contributed by atoms with Gasteiger partial charge in [0, 0.05) is 30.2 Å². The van der Waals surface area contributed by atoms with Crippen LogP contribution in [0.2, 0.25) is 0 Å². The van der Waals surface area contributed by atoms with Crippen LogP contribution in [0.25, 0.3) is 0 Å². The molecule has 1 N–H and O–H groups in total. The zero-order valence-corrected chi connectivity index (χ0v) is 11.1. The number of carbonyl (C=O) groups excluding carboxylic acids is 1. The van der Waals surface area contributed by atoms with E-state index in [1.165, 1.54) is 0 Å². The van der Waals surface area contributed by atoms with E-state index in [4.69, 9.17) is 6.80 Å². The Kier molecular flexibility index (Phi) is 3.79. The van der Waals surface area contributed by atoms with Gasteiger partial charge in [-0.1, -0.05) is 7.61 Å². The van der Waals surface area contributed by atoms with Gasteiger partial charge in [0.15, 0.2) is 0 Å². The van der Waals surface area contributed by atoms with Crippen molar-refractivity contribution in [1.29, 1.82) is 2.61 Å². The maximum Gasteiger partial charge on any atom is 0.137 e. The van der Waals surface area contributed by atoms with Gasteiger partial charge in [0.05, 0.1) is 7.89 Å². The van der Waals surface area contributed by atoms with Gasteiger partial charge in [0.2, 0.25) is 0 Å². The minimum absolute atomic E-state index is 0.191. The van der Waals surface area contributed by atoms with Gasteiger partial charge in [-0.15, -0.1) is 0 Å². The fraction of sp³-hybridized carbons (Fsp3) is 0.900. The van der Waals surface area contributed by atoms with Gasteiger partial charge in [-0.2, -0.15) is 0 Å². The van der Waals surface area contributed by atoms with Gasteiger partial charge in [0.25, 0.3) is 0 Å². The highest BCUT2D eigenvalue weighted by molar-refractivity contribution is 8.53. The summed E-state index contributed by atoms with van der Waals surface area (Å²) in [6.45, 7) is 3.34. The molecule has 0 aromatic heterocycles. The van der Waals surface area contributed by atoms with Crippen LogP contribution in [-0.4, -0.2) is 35.1 Å². The number of nitrogens with one attached hydrogen (secondary N) is 1. The second kappa shape index (κ2) is 5.86. The molecule has 1 saturated carbocycles. The summed E-state index contributed by atoms with van der Waals surface area (Å²) in [5.41, 5.74) is 0. The predicted molar refractivity (Wildman–Crippen MR) is 71.2 cm³/mol. The summed E-state index contributed by atoms with van der Waals surface area (Å²) in [5, 5.41) is 3.33. The molecule has 0 aromatic carbocycles. The average molecular weight is 261 g/mol. The predicted octanol–water partition coefficient (Wildman–Crippen LogP) is 1.26. The van der Waals surface area contributed by atoms with Gasteiger partial charge in [-0.05, 0) is 32.9 Å². The van der Waals surface area contributed by atoms with Crippen LogP contribution in [0.15, 0.2) is 0 Å². The molecule has 1 radical (unpaired) electrons. The van der Waals surface area contributed by atoms with E-state index in [1.807, 2.05) is 0 Å². The SMILES string of the molecule is [2H]P([B][3H])SOC[C@@H]1C[C@H](C(C)=O)C[C@H]1[C@@H]1CN1. The maximum atomic E-state index is 11.5. The lowest BCUT2D eigenvalue weighted by atomic mass is 9.94. The number of hydrogen-bond acceptors (Lipinski definition) is 4. The van der Waals surface area contributed by atoms with Crippen molar-refractivity contribution >= 4 is 32.6 Å². The average Bonchev–Trinajstić information content (AvgIpc) is 3.10. The number of hydrogen-bond donors (Lipinski definition) is 1. The third-order valence-corrected chi connectivity index (χ3v) is 4.56. The third-order valence-electron chi connectivity index (χ3n) is 3.66. The number of Topliss-reactive ketones (excluding diaryl/α,β-unsaturated/α-hetero) is 1. The second-order valence-corrected chi connectivity index (χ2v) is 6.36. The van der Waals surface area contributed by atoms with Crippen LogP contribution in [0.4, 0.5) is 0 Å². The Labute approximate surface area is 107 Å². The fourth-order valence-corrected chi connectivity index (χ4v) is 3.35. The van der Waals surface area contributed by atoms with Gasteiger partial charge in [-0.3, -0.25) is 4.79 Å². The van der Waals surface area contributed by atoms with Crippen LogP contribution in [-0.2, 0) is 8.98 Å². The molecule has 1 saturated heterocycles. The highest BCUT2D eigenvalue weighted by atomic mass is 32.7. The lowest BCUT2D eigenvalue weighted by Gasteiger charge is -2.17. The van der Waals surface area contributed by atoms with E-state index in [0.29, 0.717) is 24.5 Å². The van der Waals surface area contributed by atoms with Crippen LogP contribution in [0.3, 0.4) is 0 Å². The highest BCUT2D eigenvalue weighted by Crippen LogP contribution is 2.42. The molecule has 1 aliphatic heterocycles. The van der Waals surface area contributed by atoms with Gasteiger partial charge in [-0.25, -0.2) is 0 Å². The smallest absolute Gasteiger partial charge is 0.137 e. The van der Waals surface area contributed by atoms with Gasteiger partial charge < -0.3 is 9.50 Å². The van der Waals surface area contributed by atoms with Crippen molar-refractivity contribution < 1.29 is 8.98 Å². The number of ketones is 1. The Morgan fingerprint density at radius 3 is 3.31 bits per heavy atom. The first-order valence-corrected chi connectivity index (χ1v) is 7.96. The first-order valence-electron chi connectivity index (χ1n) is 6.67. The molecule has 1 aliphatic carbocycles. The Hall–Kier alpha value is 0.435. The zero-order valence-electron chi connectivity index (χ0n) is 11.4.